The molecule has 2 aliphatic rings. The Morgan fingerprint density at radius 3 is 2.68 bits per heavy atom. The number of hydrogen-bond acceptors (Lipinski definition) is 2. The first-order chi connectivity index (χ1) is 10.2. The number of allylic oxidation sites excluding steroid dienone is 1. The van der Waals surface area contributed by atoms with E-state index >= 15 is 0 Å². The average molecular weight is 304 g/mol. The summed E-state index contributed by atoms with van der Waals surface area (Å²) in [5.41, 5.74) is 0.226. The lowest BCUT2D eigenvalue weighted by Crippen LogP contribution is -2.24. The first-order valence-corrected chi connectivity index (χ1v) is 8.66. The van der Waals surface area contributed by atoms with Gasteiger partial charge in [-0.15, -0.1) is 0 Å². The van der Waals surface area contributed by atoms with Crippen LogP contribution in [0.1, 0.15) is 59.8 Å². The third-order valence-electron chi connectivity index (χ3n) is 5.13. The fraction of sp³-hybridized carbons (Fsp3) is 0.700. The van der Waals surface area contributed by atoms with Gasteiger partial charge in [-0.3, -0.25) is 0 Å². The summed E-state index contributed by atoms with van der Waals surface area (Å²) in [5, 5.41) is 10.5. The molecule has 22 heavy (non-hydrogen) atoms. The molecule has 2 heteroatoms. The van der Waals surface area contributed by atoms with Gasteiger partial charge in [0.05, 0.1) is 17.3 Å². The van der Waals surface area contributed by atoms with Crippen LogP contribution in [0.2, 0.25) is 0 Å². The van der Waals surface area contributed by atoms with Crippen LogP contribution < -0.4 is 0 Å². The highest BCUT2D eigenvalue weighted by atomic mass is 16.5. The molecule has 1 fully saturated rings. The molecule has 2 aliphatic heterocycles. The van der Waals surface area contributed by atoms with Gasteiger partial charge in [-0.05, 0) is 63.4 Å². The molecule has 0 spiro atoms. The molecule has 0 amide bonds. The van der Waals surface area contributed by atoms with Crippen LogP contribution in [0.5, 0.6) is 0 Å². The molecule has 1 N–H and O–H groups in total. The molecule has 4 atom stereocenters. The van der Waals surface area contributed by atoms with Crippen molar-refractivity contribution in [3.05, 3.63) is 36.5 Å². The van der Waals surface area contributed by atoms with Crippen molar-refractivity contribution in [2.24, 2.45) is 11.8 Å². The van der Waals surface area contributed by atoms with Gasteiger partial charge in [0.2, 0.25) is 0 Å². The first-order valence-electron chi connectivity index (χ1n) is 8.66. The highest BCUT2D eigenvalue weighted by Crippen LogP contribution is 2.37. The van der Waals surface area contributed by atoms with Gasteiger partial charge in [0, 0.05) is 0 Å². The Morgan fingerprint density at radius 1 is 1.27 bits per heavy atom. The monoisotopic (exact) mass is 304 g/mol. The molecule has 0 aromatic heterocycles. The molecule has 0 radical (unpaired) electrons. The van der Waals surface area contributed by atoms with Gasteiger partial charge in [-0.1, -0.05) is 44.7 Å². The smallest absolute Gasteiger partial charge is 0.0843 e. The Bertz CT molecular complexity index is 458. The topological polar surface area (TPSA) is 29.5 Å². The summed E-state index contributed by atoms with van der Waals surface area (Å²) in [5.74, 6) is 1.04. The van der Waals surface area contributed by atoms with Gasteiger partial charge in [0.1, 0.15) is 0 Å². The van der Waals surface area contributed by atoms with Crippen LogP contribution in [-0.2, 0) is 4.74 Å². The van der Waals surface area contributed by atoms with E-state index < -0.39 is 5.60 Å². The standard InChI is InChI=1S/C20H32O2/c1-15(2)17-8-7-16(3)18-10-14-20(5,22-18)12-6-11-19(4,21)13-9-17/h6,9,12-13,15,17-18,21H,3,7-8,10-11,14H2,1-2,4-5H3/b12-6-,13-9+/t17-,18-,19+,20-/m1/s1. The summed E-state index contributed by atoms with van der Waals surface area (Å²) < 4.78 is 6.25. The van der Waals surface area contributed by atoms with E-state index in [1.165, 1.54) is 5.57 Å². The van der Waals surface area contributed by atoms with Crippen molar-refractivity contribution in [2.75, 3.05) is 0 Å². The summed E-state index contributed by atoms with van der Waals surface area (Å²) >= 11 is 0. The minimum atomic E-state index is -0.789. The Balaban J connectivity index is 2.22. The largest absolute Gasteiger partial charge is 0.386 e. The van der Waals surface area contributed by atoms with Gasteiger partial charge in [0.15, 0.2) is 0 Å². The van der Waals surface area contributed by atoms with E-state index in [0.29, 0.717) is 18.3 Å². The SMILES string of the molecule is C=C1CC[C@@H](C(C)C)/C=C/[C@@](C)(O)C/C=C\[C@]2(C)CC[C@H]1O2. The second kappa shape index (κ2) is 6.72. The number of fused-ring (bicyclic) bond motifs is 2. The molecule has 124 valence electrons. The van der Waals surface area contributed by atoms with Crippen molar-refractivity contribution in [1.82, 2.24) is 0 Å². The van der Waals surface area contributed by atoms with Gasteiger partial charge < -0.3 is 9.84 Å². The van der Waals surface area contributed by atoms with E-state index in [1.807, 2.05) is 13.0 Å². The van der Waals surface area contributed by atoms with Crippen molar-refractivity contribution in [1.29, 1.82) is 0 Å². The van der Waals surface area contributed by atoms with E-state index in [9.17, 15) is 5.11 Å². The maximum Gasteiger partial charge on any atom is 0.0843 e. The predicted molar refractivity (Wildman–Crippen MR) is 92.7 cm³/mol. The fourth-order valence-corrected chi connectivity index (χ4v) is 3.38. The average Bonchev–Trinajstić information content (AvgIpc) is 2.79. The molecule has 2 rings (SSSR count). The zero-order valence-corrected chi connectivity index (χ0v) is 14.6. The van der Waals surface area contributed by atoms with Crippen LogP contribution in [0.3, 0.4) is 0 Å². The third kappa shape index (κ3) is 4.57. The fourth-order valence-electron chi connectivity index (χ4n) is 3.38. The third-order valence-corrected chi connectivity index (χ3v) is 5.13. The van der Waals surface area contributed by atoms with E-state index in [-0.39, 0.29) is 11.7 Å². The molecular weight excluding hydrogens is 272 g/mol. The second-order valence-electron chi connectivity index (χ2n) is 7.89. The molecule has 2 bridgehead atoms. The van der Waals surface area contributed by atoms with Crippen molar-refractivity contribution < 1.29 is 9.84 Å². The molecule has 0 unspecified atom stereocenters. The lowest BCUT2D eigenvalue weighted by molar-refractivity contribution is 0.0200. The van der Waals surface area contributed by atoms with Gasteiger partial charge >= 0.3 is 0 Å². The molecule has 0 aromatic carbocycles. The van der Waals surface area contributed by atoms with Crippen molar-refractivity contribution in [2.45, 2.75) is 77.1 Å². The number of ether oxygens (including phenoxy) is 1. The van der Waals surface area contributed by atoms with Crippen molar-refractivity contribution >= 4 is 0 Å². The van der Waals surface area contributed by atoms with Crippen molar-refractivity contribution in [3.8, 4) is 0 Å². The maximum absolute atomic E-state index is 10.5. The van der Waals surface area contributed by atoms with Crippen LogP contribution in [0.15, 0.2) is 36.5 Å². The van der Waals surface area contributed by atoms with E-state index in [4.69, 9.17) is 4.74 Å². The summed E-state index contributed by atoms with van der Waals surface area (Å²) in [6, 6.07) is 0. The Kier molecular flexibility index (Phi) is 5.34. The lowest BCUT2D eigenvalue weighted by Gasteiger charge is -2.23. The summed E-state index contributed by atoms with van der Waals surface area (Å²) in [7, 11) is 0. The van der Waals surface area contributed by atoms with Crippen molar-refractivity contribution in [3.63, 3.8) is 0 Å². The number of hydrogen-bond donors (Lipinski definition) is 1. The highest BCUT2D eigenvalue weighted by Gasteiger charge is 2.35. The zero-order chi connectivity index (χ0) is 16.4. The molecule has 0 aliphatic carbocycles. The van der Waals surface area contributed by atoms with Gasteiger partial charge in [-0.2, -0.15) is 0 Å². The Morgan fingerprint density at radius 2 is 2.00 bits per heavy atom. The van der Waals surface area contributed by atoms with Crippen LogP contribution in [0.4, 0.5) is 0 Å². The van der Waals surface area contributed by atoms with Crippen LogP contribution >= 0.6 is 0 Å². The van der Waals surface area contributed by atoms with Gasteiger partial charge in [0.25, 0.3) is 0 Å². The molecule has 1 saturated heterocycles. The summed E-state index contributed by atoms with van der Waals surface area (Å²) in [6.07, 6.45) is 13.3. The quantitative estimate of drug-likeness (QED) is 0.705. The normalized spacial score (nSPS) is 43.3. The predicted octanol–water partition coefficient (Wildman–Crippen LogP) is 4.80. The lowest BCUT2D eigenvalue weighted by atomic mass is 9.86. The van der Waals surface area contributed by atoms with Gasteiger partial charge in [-0.25, -0.2) is 0 Å². The van der Waals surface area contributed by atoms with Crippen LogP contribution in [0, 0.1) is 11.8 Å². The number of rotatable bonds is 1. The zero-order valence-electron chi connectivity index (χ0n) is 14.6. The highest BCUT2D eigenvalue weighted by molar-refractivity contribution is 5.14. The summed E-state index contributed by atoms with van der Waals surface area (Å²) in [6.45, 7) is 12.8. The minimum Gasteiger partial charge on any atom is -0.386 e. The van der Waals surface area contributed by atoms with E-state index in [0.717, 1.165) is 25.7 Å². The summed E-state index contributed by atoms with van der Waals surface area (Å²) in [4.78, 5) is 0. The number of aliphatic hydroxyl groups is 1. The Labute approximate surface area is 136 Å². The van der Waals surface area contributed by atoms with E-state index in [1.54, 1.807) is 0 Å². The molecule has 0 aromatic rings. The van der Waals surface area contributed by atoms with Crippen LogP contribution in [0.25, 0.3) is 0 Å². The van der Waals surface area contributed by atoms with Crippen LogP contribution in [-0.4, -0.2) is 22.4 Å². The minimum absolute atomic E-state index is 0.188. The first kappa shape index (κ1) is 17.5. The van der Waals surface area contributed by atoms with E-state index in [2.05, 4.69) is 45.6 Å². The molecule has 0 saturated carbocycles. The molecular formula is C20H32O2. The molecule has 2 nitrogen and oxygen atoms in total. The molecule has 2 heterocycles. The maximum atomic E-state index is 10.5. The second-order valence-corrected chi connectivity index (χ2v) is 7.89. The Hall–Kier alpha value is -0.860.